The lowest BCUT2D eigenvalue weighted by Crippen LogP contribution is -1.93. The lowest BCUT2D eigenvalue weighted by Gasteiger charge is -2.06. The van der Waals surface area contributed by atoms with Crippen LogP contribution in [0.4, 0.5) is 0 Å². The molecule has 8 heavy (non-hydrogen) atoms. The highest BCUT2D eigenvalue weighted by molar-refractivity contribution is 5.27. The lowest BCUT2D eigenvalue weighted by atomic mass is 9.99. The van der Waals surface area contributed by atoms with E-state index in [0.29, 0.717) is 5.92 Å². The fourth-order valence-electron chi connectivity index (χ4n) is 0.799. The van der Waals surface area contributed by atoms with Crippen LogP contribution in [0.1, 0.15) is 6.92 Å². The molecule has 0 heterocycles. The summed E-state index contributed by atoms with van der Waals surface area (Å²) >= 11 is 0. The highest BCUT2D eigenvalue weighted by atomic mass is 14.0. The fraction of sp³-hybridized carbons (Fsp3) is 0.250. The predicted octanol–water partition coefficient (Wildman–Crippen LogP) is 2.16. The van der Waals surface area contributed by atoms with E-state index in [1.165, 1.54) is 5.57 Å². The zero-order chi connectivity index (χ0) is 5.98. The molecule has 0 amide bonds. The molecule has 0 N–H and O–H groups in total. The largest absolute Gasteiger partial charge is 0.0800 e. The molecule has 0 saturated carbocycles. The van der Waals surface area contributed by atoms with Gasteiger partial charge in [0.2, 0.25) is 0 Å². The van der Waals surface area contributed by atoms with Crippen LogP contribution in [0.15, 0.2) is 23.8 Å². The predicted molar refractivity (Wildman–Crippen MR) is 36.0 cm³/mol. The van der Waals surface area contributed by atoms with Crippen molar-refractivity contribution in [1.82, 2.24) is 0 Å². The van der Waals surface area contributed by atoms with Crippen LogP contribution in [0, 0.1) is 19.3 Å². The summed E-state index contributed by atoms with van der Waals surface area (Å²) in [5.41, 5.74) is 1.31. The maximum absolute atomic E-state index is 3.86. The number of hydrogen-bond donors (Lipinski definition) is 0. The van der Waals surface area contributed by atoms with Crippen molar-refractivity contribution in [3.63, 3.8) is 0 Å². The van der Waals surface area contributed by atoms with E-state index in [2.05, 4.69) is 32.4 Å². The summed E-state index contributed by atoms with van der Waals surface area (Å²) in [4.78, 5) is 0. The average Bonchev–Trinajstić information content (AvgIpc) is 1.64. The van der Waals surface area contributed by atoms with E-state index in [0.717, 1.165) is 0 Å². The van der Waals surface area contributed by atoms with Crippen molar-refractivity contribution in [3.05, 3.63) is 37.1 Å². The molecule has 1 atom stereocenters. The number of allylic oxidation sites excluding steroid dienone is 4. The Kier molecular flexibility index (Phi) is 1.52. The molecule has 0 aliphatic heterocycles. The molecule has 1 aliphatic carbocycles. The maximum atomic E-state index is 3.86. The smallest absolute Gasteiger partial charge is 0.00984 e. The summed E-state index contributed by atoms with van der Waals surface area (Å²) in [6, 6.07) is 0. The normalized spacial score (nSPS) is 27.8. The lowest BCUT2D eigenvalue weighted by molar-refractivity contribution is 0.969. The highest BCUT2D eigenvalue weighted by Crippen LogP contribution is 2.12. The van der Waals surface area contributed by atoms with Crippen molar-refractivity contribution >= 4 is 0 Å². The Morgan fingerprint density at radius 3 is 2.75 bits per heavy atom. The van der Waals surface area contributed by atoms with Crippen LogP contribution >= 0.6 is 0 Å². The summed E-state index contributed by atoms with van der Waals surface area (Å²) in [6.07, 6.45) is 8.35. The second-order valence-electron chi connectivity index (χ2n) is 2.13. The Hall–Kier alpha value is -0.520. The minimum atomic E-state index is 0.389. The molecule has 42 valence electrons. The van der Waals surface area contributed by atoms with Crippen LogP contribution in [-0.2, 0) is 0 Å². The van der Waals surface area contributed by atoms with Crippen LogP contribution in [0.3, 0.4) is 0 Å². The molecule has 0 heteroatoms. The van der Waals surface area contributed by atoms with Gasteiger partial charge in [-0.3, -0.25) is 0 Å². The molecule has 0 bridgehead atoms. The Bertz CT molecular complexity index is 129. The van der Waals surface area contributed by atoms with Crippen molar-refractivity contribution < 1.29 is 0 Å². The second-order valence-corrected chi connectivity index (χ2v) is 2.13. The molecule has 1 unspecified atom stereocenters. The van der Waals surface area contributed by atoms with E-state index in [1.807, 2.05) is 6.08 Å². The van der Waals surface area contributed by atoms with E-state index in [9.17, 15) is 0 Å². The van der Waals surface area contributed by atoms with Crippen molar-refractivity contribution in [2.45, 2.75) is 6.92 Å². The quantitative estimate of drug-likeness (QED) is 0.444. The van der Waals surface area contributed by atoms with E-state index < -0.39 is 0 Å². The van der Waals surface area contributed by atoms with Crippen LogP contribution < -0.4 is 0 Å². The first-order chi connectivity index (χ1) is 3.79. The first kappa shape index (κ1) is 5.61. The molecule has 0 spiro atoms. The molecular weight excluding hydrogens is 96.1 g/mol. The molecule has 0 aromatic rings. The van der Waals surface area contributed by atoms with Crippen LogP contribution in [-0.4, -0.2) is 0 Å². The Morgan fingerprint density at radius 2 is 2.38 bits per heavy atom. The van der Waals surface area contributed by atoms with Crippen molar-refractivity contribution in [2.24, 2.45) is 5.92 Å². The van der Waals surface area contributed by atoms with E-state index in [4.69, 9.17) is 0 Å². The monoisotopic (exact) mass is 106 g/mol. The Labute approximate surface area is 50.9 Å². The van der Waals surface area contributed by atoms with Gasteiger partial charge >= 0.3 is 0 Å². The van der Waals surface area contributed by atoms with Gasteiger partial charge in [0, 0.05) is 0 Å². The summed E-state index contributed by atoms with van der Waals surface area (Å²) in [5.74, 6) is 0.389. The van der Waals surface area contributed by atoms with Gasteiger partial charge in [-0.15, -0.1) is 0 Å². The number of hydrogen-bond acceptors (Lipinski definition) is 0. The zero-order valence-corrected chi connectivity index (χ0v) is 5.09. The van der Waals surface area contributed by atoms with Gasteiger partial charge in [-0.1, -0.05) is 23.8 Å². The topological polar surface area (TPSA) is 0 Å². The van der Waals surface area contributed by atoms with Crippen molar-refractivity contribution in [3.8, 4) is 0 Å². The summed E-state index contributed by atoms with van der Waals surface area (Å²) in [5, 5.41) is 0. The molecule has 0 aromatic carbocycles. The first-order valence-corrected chi connectivity index (χ1v) is 2.82. The summed E-state index contributed by atoms with van der Waals surface area (Å²) in [7, 11) is 0. The minimum absolute atomic E-state index is 0.389. The van der Waals surface area contributed by atoms with Gasteiger partial charge in [0.15, 0.2) is 0 Å². The molecule has 2 radical (unpaired) electrons. The van der Waals surface area contributed by atoms with Crippen molar-refractivity contribution in [1.29, 1.82) is 0 Å². The average molecular weight is 106 g/mol. The van der Waals surface area contributed by atoms with Gasteiger partial charge < -0.3 is 0 Å². The third kappa shape index (κ3) is 1.22. The van der Waals surface area contributed by atoms with Gasteiger partial charge in [-0.05, 0) is 26.2 Å². The van der Waals surface area contributed by atoms with Crippen molar-refractivity contribution in [2.75, 3.05) is 0 Å². The van der Waals surface area contributed by atoms with Crippen LogP contribution in [0.25, 0.3) is 0 Å². The third-order valence-corrected chi connectivity index (χ3v) is 1.19. The van der Waals surface area contributed by atoms with E-state index in [1.54, 1.807) is 0 Å². The molecule has 0 aromatic heterocycles. The Balaban J connectivity index is 2.63. The molecule has 1 aliphatic rings. The summed E-state index contributed by atoms with van der Waals surface area (Å²) < 4.78 is 0. The highest BCUT2D eigenvalue weighted by Gasteiger charge is 1.98. The zero-order valence-electron chi connectivity index (χ0n) is 5.09. The van der Waals surface area contributed by atoms with Crippen LogP contribution in [0.2, 0.25) is 0 Å². The molecule has 0 saturated heterocycles. The van der Waals surface area contributed by atoms with E-state index in [-0.39, 0.29) is 0 Å². The van der Waals surface area contributed by atoms with Gasteiger partial charge in [-0.25, -0.2) is 0 Å². The molecule has 0 nitrogen and oxygen atoms in total. The number of rotatable bonds is 0. The van der Waals surface area contributed by atoms with Gasteiger partial charge in [0.05, 0.1) is 0 Å². The standard InChI is InChI=1S/C8H10/c1-7-4-3-5-8(2)6-7/h3-7H,1H2,2H3. The van der Waals surface area contributed by atoms with Gasteiger partial charge in [0.25, 0.3) is 0 Å². The third-order valence-electron chi connectivity index (χ3n) is 1.19. The van der Waals surface area contributed by atoms with Gasteiger partial charge in [0.1, 0.15) is 0 Å². The molecular formula is C8H10. The second kappa shape index (κ2) is 2.17. The fourth-order valence-corrected chi connectivity index (χ4v) is 0.799. The van der Waals surface area contributed by atoms with Crippen LogP contribution in [0.5, 0.6) is 0 Å². The van der Waals surface area contributed by atoms with E-state index >= 15 is 0 Å². The summed E-state index contributed by atoms with van der Waals surface area (Å²) in [6.45, 7) is 5.95. The van der Waals surface area contributed by atoms with Gasteiger partial charge in [-0.2, -0.15) is 0 Å². The first-order valence-electron chi connectivity index (χ1n) is 2.82. The maximum Gasteiger partial charge on any atom is -0.00984 e. The Morgan fingerprint density at radius 1 is 1.62 bits per heavy atom. The SMILES string of the molecule is [CH2]C1[CH]C=CC(C)=C1. The minimum Gasteiger partial charge on any atom is -0.0800 e. The molecule has 1 rings (SSSR count). The molecule has 0 fully saturated rings.